The van der Waals surface area contributed by atoms with Crippen LogP contribution in [0, 0.1) is 6.92 Å². The van der Waals surface area contributed by atoms with Crippen molar-refractivity contribution in [3.8, 4) is 0 Å². The molecule has 1 aromatic rings. The van der Waals surface area contributed by atoms with Crippen molar-refractivity contribution >= 4 is 9.84 Å². The van der Waals surface area contributed by atoms with E-state index >= 15 is 0 Å². The molecular formula is C14H27N3O2S. The summed E-state index contributed by atoms with van der Waals surface area (Å²) < 4.78 is 25.3. The van der Waals surface area contributed by atoms with Crippen LogP contribution in [0.5, 0.6) is 0 Å². The molecule has 0 unspecified atom stereocenters. The van der Waals surface area contributed by atoms with Gasteiger partial charge in [0, 0.05) is 23.8 Å². The predicted molar refractivity (Wildman–Crippen MR) is 82.5 cm³/mol. The number of rotatable bonds is 6. The minimum atomic E-state index is -3.11. The zero-order valence-electron chi connectivity index (χ0n) is 13.4. The zero-order chi connectivity index (χ0) is 15.6. The second-order valence-corrected chi connectivity index (χ2v) is 9.31. The molecule has 20 heavy (non-hydrogen) atoms. The standard InChI is InChI=1S/C14H27N3O2S/c1-11(2)15-9-13-10-16-17(12(13)3)7-8-20(18,19)14(4,5)6/h10-11,15H,7-9H2,1-6H3. The number of sulfone groups is 1. The number of aryl methyl sites for hydroxylation is 1. The van der Waals surface area contributed by atoms with Gasteiger partial charge in [0.15, 0.2) is 9.84 Å². The summed E-state index contributed by atoms with van der Waals surface area (Å²) in [4.78, 5) is 0. The summed E-state index contributed by atoms with van der Waals surface area (Å²) in [6.07, 6.45) is 1.81. The molecule has 0 bridgehead atoms. The van der Waals surface area contributed by atoms with Crippen molar-refractivity contribution in [1.82, 2.24) is 15.1 Å². The molecule has 0 aliphatic carbocycles. The summed E-state index contributed by atoms with van der Waals surface area (Å²) in [5.41, 5.74) is 2.15. The maximum absolute atomic E-state index is 12.1. The van der Waals surface area contributed by atoms with Crippen molar-refractivity contribution in [2.24, 2.45) is 0 Å². The first-order chi connectivity index (χ1) is 9.04. The highest BCUT2D eigenvalue weighted by Crippen LogP contribution is 2.17. The normalized spacial score (nSPS) is 13.2. The van der Waals surface area contributed by atoms with Crippen molar-refractivity contribution in [1.29, 1.82) is 0 Å². The van der Waals surface area contributed by atoms with Crippen LogP contribution < -0.4 is 5.32 Å². The molecule has 1 aromatic heterocycles. The summed E-state index contributed by atoms with van der Waals surface area (Å²) in [6.45, 7) is 12.5. The lowest BCUT2D eigenvalue weighted by Crippen LogP contribution is -2.32. The van der Waals surface area contributed by atoms with Crippen molar-refractivity contribution in [2.45, 2.75) is 65.4 Å². The third kappa shape index (κ3) is 4.31. The average molecular weight is 301 g/mol. The topological polar surface area (TPSA) is 64.0 Å². The average Bonchev–Trinajstić information content (AvgIpc) is 2.63. The highest BCUT2D eigenvalue weighted by molar-refractivity contribution is 7.92. The quantitative estimate of drug-likeness (QED) is 0.871. The Labute approximate surface area is 122 Å². The molecule has 6 heteroatoms. The fourth-order valence-electron chi connectivity index (χ4n) is 1.71. The largest absolute Gasteiger partial charge is 0.310 e. The van der Waals surface area contributed by atoms with E-state index in [1.54, 1.807) is 25.5 Å². The van der Waals surface area contributed by atoms with E-state index in [-0.39, 0.29) is 5.75 Å². The molecule has 0 fully saturated rings. The van der Waals surface area contributed by atoms with Gasteiger partial charge in [0.2, 0.25) is 0 Å². The van der Waals surface area contributed by atoms with Gasteiger partial charge in [-0.25, -0.2) is 8.42 Å². The molecule has 1 heterocycles. The Hall–Kier alpha value is -0.880. The molecule has 5 nitrogen and oxygen atoms in total. The van der Waals surface area contributed by atoms with Crippen LogP contribution in [0.1, 0.15) is 45.9 Å². The fraction of sp³-hybridized carbons (Fsp3) is 0.786. The summed E-state index contributed by atoms with van der Waals surface area (Å²) >= 11 is 0. The molecule has 0 aliphatic heterocycles. The van der Waals surface area contributed by atoms with Gasteiger partial charge in [0.25, 0.3) is 0 Å². The highest BCUT2D eigenvalue weighted by atomic mass is 32.2. The molecule has 0 saturated carbocycles. The number of aromatic nitrogens is 2. The molecule has 0 spiro atoms. The van der Waals surface area contributed by atoms with E-state index < -0.39 is 14.6 Å². The summed E-state index contributed by atoms with van der Waals surface area (Å²) in [5.74, 6) is 0.121. The third-order valence-electron chi connectivity index (χ3n) is 3.41. The van der Waals surface area contributed by atoms with Gasteiger partial charge in [0.1, 0.15) is 0 Å². The van der Waals surface area contributed by atoms with Crippen molar-refractivity contribution < 1.29 is 8.42 Å². The van der Waals surface area contributed by atoms with Gasteiger partial charge < -0.3 is 5.32 Å². The zero-order valence-corrected chi connectivity index (χ0v) is 14.2. The maximum atomic E-state index is 12.1. The van der Waals surface area contributed by atoms with Gasteiger partial charge in [-0.05, 0) is 27.7 Å². The lowest BCUT2D eigenvalue weighted by atomic mass is 10.2. The van der Waals surface area contributed by atoms with Gasteiger partial charge in [-0.15, -0.1) is 0 Å². The Bertz CT molecular complexity index is 539. The van der Waals surface area contributed by atoms with Crippen LogP contribution in [0.2, 0.25) is 0 Å². The van der Waals surface area contributed by atoms with E-state index in [0.29, 0.717) is 12.6 Å². The van der Waals surface area contributed by atoms with Crippen LogP contribution in [0.4, 0.5) is 0 Å². The number of hydrogen-bond acceptors (Lipinski definition) is 4. The fourth-order valence-corrected chi connectivity index (χ4v) is 2.74. The van der Waals surface area contributed by atoms with E-state index in [0.717, 1.165) is 17.8 Å². The monoisotopic (exact) mass is 301 g/mol. The Morgan fingerprint density at radius 3 is 2.45 bits per heavy atom. The van der Waals surface area contributed by atoms with Crippen LogP contribution in [-0.2, 0) is 22.9 Å². The van der Waals surface area contributed by atoms with Gasteiger partial charge >= 0.3 is 0 Å². The van der Waals surface area contributed by atoms with E-state index in [4.69, 9.17) is 0 Å². The molecule has 0 atom stereocenters. The SMILES string of the molecule is Cc1c(CNC(C)C)cnn1CCS(=O)(=O)C(C)(C)C. The highest BCUT2D eigenvalue weighted by Gasteiger charge is 2.28. The van der Waals surface area contributed by atoms with Crippen LogP contribution >= 0.6 is 0 Å². The summed E-state index contributed by atoms with van der Waals surface area (Å²) in [5, 5.41) is 7.63. The van der Waals surface area contributed by atoms with E-state index in [2.05, 4.69) is 24.3 Å². The van der Waals surface area contributed by atoms with Gasteiger partial charge in [0.05, 0.1) is 23.2 Å². The maximum Gasteiger partial charge on any atom is 0.157 e. The minimum absolute atomic E-state index is 0.121. The second kappa shape index (κ2) is 6.26. The van der Waals surface area contributed by atoms with Crippen LogP contribution in [0.3, 0.4) is 0 Å². The number of hydrogen-bond donors (Lipinski definition) is 1. The Balaban J connectivity index is 2.71. The first-order valence-electron chi connectivity index (χ1n) is 7.01. The van der Waals surface area contributed by atoms with Crippen molar-refractivity contribution in [3.63, 3.8) is 0 Å². The molecule has 116 valence electrons. The van der Waals surface area contributed by atoms with Crippen molar-refractivity contribution in [2.75, 3.05) is 5.75 Å². The smallest absolute Gasteiger partial charge is 0.157 e. The van der Waals surface area contributed by atoms with Gasteiger partial charge in [-0.2, -0.15) is 5.10 Å². The van der Waals surface area contributed by atoms with Crippen molar-refractivity contribution in [3.05, 3.63) is 17.5 Å². The molecular weight excluding hydrogens is 274 g/mol. The molecule has 0 aromatic carbocycles. The van der Waals surface area contributed by atoms with Crippen LogP contribution in [0.25, 0.3) is 0 Å². The molecule has 0 radical (unpaired) electrons. The van der Waals surface area contributed by atoms with Crippen LogP contribution in [-0.4, -0.2) is 34.7 Å². The lowest BCUT2D eigenvalue weighted by molar-refractivity contribution is 0.545. The third-order valence-corrected chi connectivity index (χ3v) is 6.00. The Morgan fingerprint density at radius 1 is 1.35 bits per heavy atom. The van der Waals surface area contributed by atoms with E-state index in [9.17, 15) is 8.42 Å². The second-order valence-electron chi connectivity index (χ2n) is 6.45. The molecule has 0 aliphatic rings. The first-order valence-corrected chi connectivity index (χ1v) is 8.67. The number of nitrogens with zero attached hydrogens (tertiary/aromatic N) is 2. The predicted octanol–water partition coefficient (Wildman–Crippen LogP) is 1.90. The molecule has 0 saturated heterocycles. The molecule has 1 N–H and O–H groups in total. The van der Waals surface area contributed by atoms with Gasteiger partial charge in [-0.1, -0.05) is 13.8 Å². The van der Waals surface area contributed by atoms with Crippen LogP contribution in [0.15, 0.2) is 6.20 Å². The molecule has 1 rings (SSSR count). The Morgan fingerprint density at radius 2 is 1.95 bits per heavy atom. The summed E-state index contributed by atoms with van der Waals surface area (Å²) in [6, 6.07) is 0.416. The first kappa shape index (κ1) is 17.2. The Kier molecular flexibility index (Phi) is 5.38. The molecule has 0 amide bonds. The van der Waals surface area contributed by atoms with E-state index in [1.165, 1.54) is 0 Å². The van der Waals surface area contributed by atoms with E-state index in [1.807, 2.05) is 13.1 Å². The summed E-state index contributed by atoms with van der Waals surface area (Å²) in [7, 11) is -3.11. The lowest BCUT2D eigenvalue weighted by Gasteiger charge is -2.19. The number of nitrogens with one attached hydrogen (secondary N) is 1. The minimum Gasteiger partial charge on any atom is -0.310 e. The van der Waals surface area contributed by atoms with Gasteiger partial charge in [-0.3, -0.25) is 4.68 Å².